The quantitative estimate of drug-likeness (QED) is 0.814. The smallest absolute Gasteiger partial charge is 0.226 e. The highest BCUT2D eigenvalue weighted by Crippen LogP contribution is 2.50. The van der Waals surface area contributed by atoms with E-state index in [9.17, 15) is 4.79 Å². The third-order valence-corrected chi connectivity index (χ3v) is 4.76. The van der Waals surface area contributed by atoms with Gasteiger partial charge in [0.25, 0.3) is 0 Å². The molecule has 3 nitrogen and oxygen atoms in total. The van der Waals surface area contributed by atoms with Gasteiger partial charge in [-0.1, -0.05) is 32.1 Å². The summed E-state index contributed by atoms with van der Waals surface area (Å²) < 4.78 is 0. The minimum Gasteiger partial charge on any atom is -0.342 e. The largest absolute Gasteiger partial charge is 0.342 e. The Morgan fingerprint density at radius 1 is 1.35 bits per heavy atom. The van der Waals surface area contributed by atoms with E-state index in [2.05, 4.69) is 0 Å². The first-order chi connectivity index (χ1) is 8.15. The van der Waals surface area contributed by atoms with Crippen LogP contribution in [0.3, 0.4) is 0 Å². The average Bonchev–Trinajstić information content (AvgIpc) is 3.17. The summed E-state index contributed by atoms with van der Waals surface area (Å²) in [7, 11) is 1.90. The molecule has 0 radical (unpaired) electrons. The van der Waals surface area contributed by atoms with Crippen molar-refractivity contribution in [1.29, 1.82) is 0 Å². The maximum Gasteiger partial charge on any atom is 0.226 e. The summed E-state index contributed by atoms with van der Waals surface area (Å²) in [5.74, 6) is 2.17. The van der Waals surface area contributed by atoms with E-state index < -0.39 is 0 Å². The Hall–Kier alpha value is -0.570. The van der Waals surface area contributed by atoms with Crippen molar-refractivity contribution in [2.75, 3.05) is 13.6 Å². The number of nitrogens with two attached hydrogens (primary N) is 1. The van der Waals surface area contributed by atoms with Crippen LogP contribution in [0, 0.1) is 17.8 Å². The van der Waals surface area contributed by atoms with Gasteiger partial charge in [-0.05, 0) is 25.2 Å². The number of carbonyl (C=O) groups is 1. The molecule has 1 amide bonds. The fourth-order valence-corrected chi connectivity index (χ4v) is 3.22. The highest BCUT2D eigenvalue weighted by molar-refractivity contribution is 5.81. The Bertz CT molecular complexity index is 273. The molecule has 0 aromatic carbocycles. The van der Waals surface area contributed by atoms with Crippen molar-refractivity contribution in [3.63, 3.8) is 0 Å². The van der Waals surface area contributed by atoms with E-state index in [0.29, 0.717) is 24.3 Å². The second kappa shape index (κ2) is 5.38. The first-order valence-corrected chi connectivity index (χ1v) is 7.12. The summed E-state index contributed by atoms with van der Waals surface area (Å²) in [6.07, 6.45) is 7.97. The molecule has 0 heterocycles. The second-order valence-corrected chi connectivity index (χ2v) is 5.94. The molecule has 2 N–H and O–H groups in total. The number of rotatable bonds is 4. The van der Waals surface area contributed by atoms with Crippen LogP contribution in [0.5, 0.6) is 0 Å². The Morgan fingerprint density at radius 2 is 2.00 bits per heavy atom. The fourth-order valence-electron chi connectivity index (χ4n) is 3.22. The van der Waals surface area contributed by atoms with Crippen molar-refractivity contribution in [1.82, 2.24) is 4.90 Å². The first kappa shape index (κ1) is 12.9. The molecule has 2 aliphatic rings. The van der Waals surface area contributed by atoms with E-state index in [1.165, 1.54) is 32.1 Å². The molecular weight excluding hydrogens is 212 g/mol. The molecule has 0 aliphatic heterocycles. The van der Waals surface area contributed by atoms with Crippen molar-refractivity contribution < 1.29 is 4.79 Å². The monoisotopic (exact) mass is 238 g/mol. The lowest BCUT2D eigenvalue weighted by Gasteiger charge is -2.25. The summed E-state index contributed by atoms with van der Waals surface area (Å²) >= 11 is 0. The van der Waals surface area contributed by atoms with E-state index in [0.717, 1.165) is 12.3 Å². The van der Waals surface area contributed by atoms with Gasteiger partial charge in [0.05, 0.1) is 0 Å². The highest BCUT2D eigenvalue weighted by Gasteiger charge is 2.48. The second-order valence-electron chi connectivity index (χ2n) is 5.94. The van der Waals surface area contributed by atoms with Crippen LogP contribution in [-0.4, -0.2) is 30.4 Å². The van der Waals surface area contributed by atoms with Crippen molar-refractivity contribution >= 4 is 5.91 Å². The van der Waals surface area contributed by atoms with E-state index in [-0.39, 0.29) is 6.04 Å². The number of carbonyl (C=O) groups excluding carboxylic acids is 1. The zero-order valence-corrected chi connectivity index (χ0v) is 11.2. The summed E-state index contributed by atoms with van der Waals surface area (Å²) in [6.45, 7) is 2.58. The van der Waals surface area contributed by atoms with Crippen LogP contribution < -0.4 is 5.73 Å². The van der Waals surface area contributed by atoms with Gasteiger partial charge in [-0.3, -0.25) is 4.79 Å². The Labute approximate surface area is 105 Å². The normalized spacial score (nSPS) is 31.0. The van der Waals surface area contributed by atoms with Crippen LogP contribution in [0.4, 0.5) is 0 Å². The molecule has 0 saturated heterocycles. The van der Waals surface area contributed by atoms with Crippen molar-refractivity contribution in [2.45, 2.75) is 51.5 Å². The standard InChI is InChI=1S/C14H26N2O/c1-10(9-15)16(2)14(17)13-8-12(13)11-6-4-3-5-7-11/h10-13H,3-9,15H2,1-2H3. The zero-order valence-electron chi connectivity index (χ0n) is 11.2. The molecule has 2 aliphatic carbocycles. The molecule has 2 fully saturated rings. The minimum atomic E-state index is 0.176. The number of hydrogen-bond donors (Lipinski definition) is 1. The van der Waals surface area contributed by atoms with Crippen molar-refractivity contribution in [3.8, 4) is 0 Å². The predicted octanol–water partition coefficient (Wildman–Crippen LogP) is 2.01. The van der Waals surface area contributed by atoms with Gasteiger partial charge in [-0.25, -0.2) is 0 Å². The Balaban J connectivity index is 1.83. The Morgan fingerprint density at radius 3 is 2.59 bits per heavy atom. The molecule has 0 spiro atoms. The summed E-state index contributed by atoms with van der Waals surface area (Å²) in [6, 6.07) is 0.176. The molecule has 3 atom stereocenters. The van der Waals surface area contributed by atoms with Gasteiger partial charge in [0.1, 0.15) is 0 Å². The van der Waals surface area contributed by atoms with Gasteiger partial charge in [0, 0.05) is 25.6 Å². The lowest BCUT2D eigenvalue weighted by atomic mass is 9.85. The molecule has 3 unspecified atom stereocenters. The topological polar surface area (TPSA) is 46.3 Å². The molecule has 98 valence electrons. The fraction of sp³-hybridized carbons (Fsp3) is 0.929. The number of amides is 1. The third kappa shape index (κ3) is 2.82. The van der Waals surface area contributed by atoms with Crippen LogP contribution >= 0.6 is 0 Å². The van der Waals surface area contributed by atoms with Crippen molar-refractivity contribution in [2.24, 2.45) is 23.5 Å². The third-order valence-electron chi connectivity index (χ3n) is 4.76. The lowest BCUT2D eigenvalue weighted by molar-refractivity contribution is -0.133. The van der Waals surface area contributed by atoms with Gasteiger partial charge in [0.15, 0.2) is 0 Å². The van der Waals surface area contributed by atoms with Gasteiger partial charge in [-0.15, -0.1) is 0 Å². The SMILES string of the molecule is CC(CN)N(C)C(=O)C1CC1C1CCCCC1. The van der Waals surface area contributed by atoms with Gasteiger partial charge >= 0.3 is 0 Å². The van der Waals surface area contributed by atoms with Crippen molar-refractivity contribution in [3.05, 3.63) is 0 Å². The predicted molar refractivity (Wildman–Crippen MR) is 69.5 cm³/mol. The van der Waals surface area contributed by atoms with Crippen LogP contribution in [0.2, 0.25) is 0 Å². The minimum absolute atomic E-state index is 0.176. The van der Waals surface area contributed by atoms with E-state index >= 15 is 0 Å². The van der Waals surface area contributed by atoms with Crippen LogP contribution in [0.25, 0.3) is 0 Å². The van der Waals surface area contributed by atoms with Gasteiger partial charge < -0.3 is 10.6 Å². The van der Waals surface area contributed by atoms with Crippen LogP contribution in [0.1, 0.15) is 45.4 Å². The Kier molecular flexibility index (Phi) is 4.08. The average molecular weight is 238 g/mol. The maximum absolute atomic E-state index is 12.2. The molecule has 2 saturated carbocycles. The zero-order chi connectivity index (χ0) is 12.4. The van der Waals surface area contributed by atoms with E-state index in [1.54, 1.807) is 0 Å². The molecule has 0 aromatic rings. The number of hydrogen-bond acceptors (Lipinski definition) is 2. The van der Waals surface area contributed by atoms with Gasteiger partial charge in [-0.2, -0.15) is 0 Å². The molecular formula is C14H26N2O. The summed E-state index contributed by atoms with van der Waals surface area (Å²) in [5, 5.41) is 0. The van der Waals surface area contributed by atoms with E-state index in [4.69, 9.17) is 5.73 Å². The maximum atomic E-state index is 12.2. The van der Waals surface area contributed by atoms with Crippen LogP contribution in [-0.2, 0) is 4.79 Å². The highest BCUT2D eigenvalue weighted by atomic mass is 16.2. The number of nitrogens with zero attached hydrogens (tertiary/aromatic N) is 1. The molecule has 0 bridgehead atoms. The number of likely N-dealkylation sites (N-methyl/N-ethyl adjacent to an activating group) is 1. The molecule has 3 heteroatoms. The van der Waals surface area contributed by atoms with Crippen LogP contribution in [0.15, 0.2) is 0 Å². The molecule has 0 aromatic heterocycles. The van der Waals surface area contributed by atoms with E-state index in [1.807, 2.05) is 18.9 Å². The summed E-state index contributed by atoms with van der Waals surface area (Å²) in [4.78, 5) is 14.1. The molecule has 17 heavy (non-hydrogen) atoms. The van der Waals surface area contributed by atoms with Gasteiger partial charge in [0.2, 0.25) is 5.91 Å². The summed E-state index contributed by atoms with van der Waals surface area (Å²) in [5.41, 5.74) is 5.61. The lowest BCUT2D eigenvalue weighted by Crippen LogP contribution is -2.41. The first-order valence-electron chi connectivity index (χ1n) is 7.12. The molecule has 2 rings (SSSR count).